The first-order valence-corrected chi connectivity index (χ1v) is 8.10. The Labute approximate surface area is 127 Å². The summed E-state index contributed by atoms with van der Waals surface area (Å²) in [6.45, 7) is 2.16. The molecule has 0 aliphatic rings. The van der Waals surface area contributed by atoms with Gasteiger partial charge in [0.25, 0.3) is 0 Å². The van der Waals surface area contributed by atoms with Gasteiger partial charge in [-0.3, -0.25) is 10.1 Å². The fourth-order valence-corrected chi connectivity index (χ4v) is 2.34. The predicted octanol–water partition coefficient (Wildman–Crippen LogP) is 4.58. The Bertz CT molecular complexity index is 315. The molecule has 0 fully saturated rings. The lowest BCUT2D eigenvalue weighted by molar-refractivity contribution is -0.524. The minimum absolute atomic E-state index is 0.135. The van der Waals surface area contributed by atoms with Gasteiger partial charge in [0, 0.05) is 23.8 Å². The molecule has 0 aliphatic carbocycles. The molecule has 0 rings (SSSR count). The van der Waals surface area contributed by atoms with Crippen LogP contribution in [0.15, 0.2) is 12.2 Å². The molecular formula is C16H29NO4. The summed E-state index contributed by atoms with van der Waals surface area (Å²) in [7, 11) is 0. The van der Waals surface area contributed by atoms with Crippen molar-refractivity contribution in [2.45, 2.75) is 83.6 Å². The third-order valence-electron chi connectivity index (χ3n) is 3.61. The smallest absolute Gasteiger partial charge is 0.327 e. The van der Waals surface area contributed by atoms with Gasteiger partial charge in [-0.05, 0) is 25.7 Å². The number of nitrogens with zero attached hydrogens (tertiary/aromatic N) is 1. The van der Waals surface area contributed by atoms with E-state index in [4.69, 9.17) is 5.11 Å². The van der Waals surface area contributed by atoms with Crippen LogP contribution < -0.4 is 0 Å². The number of hydrogen-bond donors (Lipinski definition) is 1. The molecule has 0 heterocycles. The summed E-state index contributed by atoms with van der Waals surface area (Å²) in [5.74, 6) is -0.925. The molecule has 0 aromatic heterocycles. The van der Waals surface area contributed by atoms with Crippen LogP contribution in [0, 0.1) is 10.1 Å². The third-order valence-corrected chi connectivity index (χ3v) is 3.61. The Hall–Kier alpha value is -1.39. The summed E-state index contributed by atoms with van der Waals surface area (Å²) in [4.78, 5) is 21.1. The zero-order valence-corrected chi connectivity index (χ0v) is 13.1. The first kappa shape index (κ1) is 19.6. The van der Waals surface area contributed by atoms with Gasteiger partial charge in [-0.15, -0.1) is 0 Å². The summed E-state index contributed by atoms with van der Waals surface area (Å²) in [6.07, 6.45) is 13.1. The van der Waals surface area contributed by atoms with Gasteiger partial charge in [-0.2, -0.15) is 0 Å². The number of allylic oxidation sites excluding steroid dienone is 1. The number of unbranched alkanes of at least 4 members (excludes halogenated alkanes) is 7. The quantitative estimate of drug-likeness (QED) is 0.220. The number of carboxylic acids is 1. The van der Waals surface area contributed by atoms with Crippen molar-refractivity contribution in [3.63, 3.8) is 0 Å². The van der Waals surface area contributed by atoms with E-state index in [1.54, 1.807) is 6.08 Å². The van der Waals surface area contributed by atoms with Crippen molar-refractivity contribution in [3.05, 3.63) is 22.3 Å². The van der Waals surface area contributed by atoms with Gasteiger partial charge < -0.3 is 5.11 Å². The minimum Gasteiger partial charge on any atom is -0.478 e. The third kappa shape index (κ3) is 13.4. The van der Waals surface area contributed by atoms with Crippen molar-refractivity contribution in [2.24, 2.45) is 0 Å². The number of hydrogen-bond acceptors (Lipinski definition) is 3. The van der Waals surface area contributed by atoms with Crippen LogP contribution in [0.3, 0.4) is 0 Å². The molecule has 1 atom stereocenters. The molecule has 122 valence electrons. The van der Waals surface area contributed by atoms with Crippen molar-refractivity contribution in [1.29, 1.82) is 0 Å². The molecule has 1 N–H and O–H groups in total. The summed E-state index contributed by atoms with van der Waals surface area (Å²) in [6, 6.07) is -0.402. The lowest BCUT2D eigenvalue weighted by Gasteiger charge is -2.09. The van der Waals surface area contributed by atoms with Gasteiger partial charge in [-0.25, -0.2) is 4.79 Å². The highest BCUT2D eigenvalue weighted by Gasteiger charge is 2.18. The molecule has 5 nitrogen and oxygen atoms in total. The van der Waals surface area contributed by atoms with E-state index >= 15 is 0 Å². The molecular weight excluding hydrogens is 270 g/mol. The van der Waals surface area contributed by atoms with E-state index in [9.17, 15) is 14.9 Å². The molecule has 0 spiro atoms. The number of nitro groups is 1. The Morgan fingerprint density at radius 3 is 2.19 bits per heavy atom. The van der Waals surface area contributed by atoms with Gasteiger partial charge in [0.05, 0.1) is 0 Å². The van der Waals surface area contributed by atoms with Crippen LogP contribution in [0.4, 0.5) is 0 Å². The molecule has 21 heavy (non-hydrogen) atoms. The van der Waals surface area contributed by atoms with Crippen molar-refractivity contribution < 1.29 is 14.8 Å². The van der Waals surface area contributed by atoms with E-state index in [0.717, 1.165) is 44.6 Å². The molecule has 0 saturated carbocycles. The Morgan fingerprint density at radius 1 is 1.10 bits per heavy atom. The van der Waals surface area contributed by atoms with Gasteiger partial charge in [0.15, 0.2) is 0 Å². The van der Waals surface area contributed by atoms with E-state index in [0.29, 0.717) is 12.8 Å². The van der Waals surface area contributed by atoms with E-state index in [1.807, 2.05) is 0 Å². The maximum absolute atomic E-state index is 11.0. The second-order valence-corrected chi connectivity index (χ2v) is 5.52. The molecule has 0 saturated heterocycles. The fraction of sp³-hybridized carbons (Fsp3) is 0.812. The van der Waals surface area contributed by atoms with Crippen molar-refractivity contribution in [3.8, 4) is 0 Å². The maximum atomic E-state index is 11.0. The maximum Gasteiger partial charge on any atom is 0.327 e. The average Bonchev–Trinajstić information content (AvgIpc) is 2.43. The molecule has 0 radical (unpaired) electrons. The first-order chi connectivity index (χ1) is 10.1. The van der Waals surface area contributed by atoms with E-state index in [-0.39, 0.29) is 4.92 Å². The lowest BCUT2D eigenvalue weighted by atomic mass is 10.0. The summed E-state index contributed by atoms with van der Waals surface area (Å²) >= 11 is 0. The zero-order chi connectivity index (χ0) is 15.9. The van der Waals surface area contributed by atoms with E-state index in [1.165, 1.54) is 19.3 Å². The highest BCUT2D eigenvalue weighted by atomic mass is 16.6. The number of carboxylic acid groups (broad SMARTS) is 1. The highest BCUT2D eigenvalue weighted by Crippen LogP contribution is 2.15. The Kier molecular flexibility index (Phi) is 12.7. The van der Waals surface area contributed by atoms with Crippen molar-refractivity contribution in [1.82, 2.24) is 0 Å². The summed E-state index contributed by atoms with van der Waals surface area (Å²) < 4.78 is 0. The Morgan fingerprint density at radius 2 is 1.67 bits per heavy atom. The topological polar surface area (TPSA) is 80.4 Å². The molecule has 0 bridgehead atoms. The van der Waals surface area contributed by atoms with E-state index in [2.05, 4.69) is 6.92 Å². The minimum atomic E-state index is -0.925. The number of aliphatic carboxylic acids is 1. The van der Waals surface area contributed by atoms with Crippen LogP contribution >= 0.6 is 0 Å². The molecule has 0 aliphatic heterocycles. The van der Waals surface area contributed by atoms with Crippen LogP contribution in [0.1, 0.15) is 77.6 Å². The van der Waals surface area contributed by atoms with Gasteiger partial charge in [-0.1, -0.05) is 45.1 Å². The number of rotatable bonds is 14. The predicted molar refractivity (Wildman–Crippen MR) is 84.0 cm³/mol. The largest absolute Gasteiger partial charge is 0.478 e. The Balaban J connectivity index is 3.65. The van der Waals surface area contributed by atoms with Crippen molar-refractivity contribution in [2.75, 3.05) is 0 Å². The van der Waals surface area contributed by atoms with Crippen LogP contribution in [-0.4, -0.2) is 22.0 Å². The summed E-state index contributed by atoms with van der Waals surface area (Å²) in [5, 5.41) is 19.4. The fourth-order valence-electron chi connectivity index (χ4n) is 2.34. The van der Waals surface area contributed by atoms with Crippen LogP contribution in [0.5, 0.6) is 0 Å². The molecule has 0 aromatic rings. The second kappa shape index (κ2) is 13.6. The molecule has 0 amide bonds. The van der Waals surface area contributed by atoms with E-state index < -0.39 is 12.0 Å². The first-order valence-electron chi connectivity index (χ1n) is 8.10. The summed E-state index contributed by atoms with van der Waals surface area (Å²) in [5.41, 5.74) is 0. The second-order valence-electron chi connectivity index (χ2n) is 5.52. The molecule has 0 aromatic carbocycles. The highest BCUT2D eigenvalue weighted by molar-refractivity contribution is 5.79. The normalized spacial score (nSPS) is 12.6. The van der Waals surface area contributed by atoms with Gasteiger partial charge >= 0.3 is 5.97 Å². The number of carbonyl (C=O) groups is 1. The lowest BCUT2D eigenvalue weighted by Crippen LogP contribution is -2.19. The zero-order valence-electron chi connectivity index (χ0n) is 13.1. The average molecular weight is 299 g/mol. The molecule has 5 heteroatoms. The van der Waals surface area contributed by atoms with Crippen LogP contribution in [0.2, 0.25) is 0 Å². The monoisotopic (exact) mass is 299 g/mol. The standard InChI is InChI=1S/C16H29NO4/c1-2-3-4-6-9-12-15(17(20)21)13-10-7-5-8-11-14-16(18)19/h11,14-15H,2-10,12-13H2,1H3,(H,18,19). The molecule has 1 unspecified atom stereocenters. The van der Waals surface area contributed by atoms with Crippen LogP contribution in [0.25, 0.3) is 0 Å². The van der Waals surface area contributed by atoms with Crippen LogP contribution in [-0.2, 0) is 4.79 Å². The SMILES string of the molecule is CCCCCCCC(CCCCCC=CC(=O)O)[N+](=O)[O-]. The van der Waals surface area contributed by atoms with Gasteiger partial charge in [0.1, 0.15) is 0 Å². The van der Waals surface area contributed by atoms with Crippen molar-refractivity contribution >= 4 is 5.97 Å². The van der Waals surface area contributed by atoms with Gasteiger partial charge in [0.2, 0.25) is 6.04 Å².